The number of aromatic nitrogens is 1. The molecule has 0 radical (unpaired) electrons. The second-order valence-corrected chi connectivity index (χ2v) is 5.22. The number of carbonyl (C=O) groups is 2. The van der Waals surface area contributed by atoms with Gasteiger partial charge in [0.05, 0.1) is 6.61 Å². The summed E-state index contributed by atoms with van der Waals surface area (Å²) >= 11 is 0. The average molecular weight is 337 g/mol. The maximum Gasteiger partial charge on any atom is 0.406 e. The molecule has 0 unspecified atom stereocenters. The second-order valence-electron chi connectivity index (χ2n) is 5.22. The Morgan fingerprint density at radius 2 is 2.25 bits per heavy atom. The zero-order chi connectivity index (χ0) is 17.5. The van der Waals surface area contributed by atoms with Crippen LogP contribution in [0.1, 0.15) is 26.2 Å². The molecule has 0 spiro atoms. The highest BCUT2D eigenvalue weighted by Crippen LogP contribution is 2.24. The van der Waals surface area contributed by atoms with Crippen molar-refractivity contribution in [3.63, 3.8) is 0 Å². The van der Waals surface area contributed by atoms with Crippen molar-refractivity contribution in [2.45, 2.75) is 32.2 Å². The summed E-state index contributed by atoms with van der Waals surface area (Å²) in [6, 6.07) is 2.23. The van der Waals surface area contributed by atoms with Gasteiger partial charge < -0.3 is 24.5 Å². The molecule has 0 bridgehead atoms. The van der Waals surface area contributed by atoms with Crippen LogP contribution in [-0.2, 0) is 14.3 Å². The zero-order valence-corrected chi connectivity index (χ0v) is 13.3. The summed E-state index contributed by atoms with van der Waals surface area (Å²) in [4.78, 5) is 39.6. The molecule has 0 aromatic carbocycles. The minimum atomic E-state index is -0.678. The van der Waals surface area contributed by atoms with Gasteiger partial charge in [-0.1, -0.05) is 0 Å². The SMILES string of the molecule is CCOC(=O)[C@H]1CCCCN1C(=O)COc1cccnc1[N+](=O)[O-]. The molecule has 1 aromatic rings. The van der Waals surface area contributed by atoms with Crippen LogP contribution >= 0.6 is 0 Å². The Labute approximate surface area is 138 Å². The molecule has 1 atom stereocenters. The number of hydrogen-bond acceptors (Lipinski definition) is 7. The van der Waals surface area contributed by atoms with Crippen LogP contribution < -0.4 is 4.74 Å². The summed E-state index contributed by atoms with van der Waals surface area (Å²) in [6.45, 7) is 1.98. The average Bonchev–Trinajstić information content (AvgIpc) is 2.60. The summed E-state index contributed by atoms with van der Waals surface area (Å²) in [6.07, 6.45) is 3.43. The number of nitro groups is 1. The standard InChI is InChI=1S/C15H19N3O6/c1-2-23-15(20)11-6-3-4-9-17(11)13(19)10-24-12-7-5-8-16-14(12)18(21)22/h5,7-8,11H,2-4,6,9-10H2,1H3/t11-/m1/s1. The normalized spacial score (nSPS) is 17.2. The van der Waals surface area contributed by atoms with Crippen molar-refractivity contribution >= 4 is 17.7 Å². The van der Waals surface area contributed by atoms with Gasteiger partial charge in [-0.3, -0.25) is 4.79 Å². The Hall–Kier alpha value is -2.71. The van der Waals surface area contributed by atoms with Gasteiger partial charge in [-0.2, -0.15) is 0 Å². The van der Waals surface area contributed by atoms with E-state index in [1.54, 1.807) is 6.92 Å². The van der Waals surface area contributed by atoms with E-state index >= 15 is 0 Å². The predicted molar refractivity (Wildman–Crippen MR) is 82.4 cm³/mol. The van der Waals surface area contributed by atoms with Gasteiger partial charge in [0.2, 0.25) is 5.75 Å². The van der Waals surface area contributed by atoms with E-state index in [-0.39, 0.29) is 12.4 Å². The fourth-order valence-corrected chi connectivity index (χ4v) is 2.57. The van der Waals surface area contributed by atoms with Crippen molar-refractivity contribution in [3.05, 3.63) is 28.4 Å². The van der Waals surface area contributed by atoms with E-state index in [0.717, 1.165) is 12.8 Å². The first-order chi connectivity index (χ1) is 11.5. The lowest BCUT2D eigenvalue weighted by Gasteiger charge is -2.33. The first kappa shape index (κ1) is 17.6. The molecule has 0 N–H and O–H groups in total. The molecule has 2 heterocycles. The van der Waals surface area contributed by atoms with Crippen molar-refractivity contribution in [1.29, 1.82) is 0 Å². The van der Waals surface area contributed by atoms with E-state index in [9.17, 15) is 19.7 Å². The van der Waals surface area contributed by atoms with Crippen molar-refractivity contribution in [1.82, 2.24) is 9.88 Å². The van der Waals surface area contributed by atoms with Gasteiger partial charge in [-0.15, -0.1) is 0 Å². The topological polar surface area (TPSA) is 112 Å². The Balaban J connectivity index is 2.03. The van der Waals surface area contributed by atoms with Crippen molar-refractivity contribution < 1.29 is 24.0 Å². The zero-order valence-electron chi connectivity index (χ0n) is 13.3. The lowest BCUT2D eigenvalue weighted by molar-refractivity contribution is -0.390. The number of esters is 1. The molecule has 1 aromatic heterocycles. The summed E-state index contributed by atoms with van der Waals surface area (Å²) in [5, 5.41) is 10.9. The number of likely N-dealkylation sites (tertiary alicyclic amines) is 1. The minimum absolute atomic E-state index is 0.0828. The number of nitrogens with zero attached hydrogens (tertiary/aromatic N) is 3. The van der Waals surface area contributed by atoms with E-state index in [1.807, 2.05) is 0 Å². The summed E-state index contributed by atoms with van der Waals surface area (Å²) in [5.74, 6) is -1.38. The summed E-state index contributed by atoms with van der Waals surface area (Å²) in [7, 11) is 0. The lowest BCUT2D eigenvalue weighted by atomic mass is 10.0. The molecule has 130 valence electrons. The molecule has 9 nitrogen and oxygen atoms in total. The van der Waals surface area contributed by atoms with E-state index < -0.39 is 35.3 Å². The predicted octanol–water partition coefficient (Wildman–Crippen LogP) is 1.31. The molecule has 1 aliphatic rings. The second kappa shape index (κ2) is 8.23. The number of pyridine rings is 1. The van der Waals surface area contributed by atoms with Crippen LogP contribution in [0, 0.1) is 10.1 Å². The van der Waals surface area contributed by atoms with Crippen molar-refractivity contribution in [2.75, 3.05) is 19.8 Å². The minimum Gasteiger partial charge on any atom is -0.476 e. The monoisotopic (exact) mass is 337 g/mol. The molecular formula is C15H19N3O6. The number of amides is 1. The molecule has 1 aliphatic heterocycles. The van der Waals surface area contributed by atoms with Gasteiger partial charge in [-0.25, -0.2) is 4.79 Å². The molecule has 24 heavy (non-hydrogen) atoms. The number of ether oxygens (including phenoxy) is 2. The Morgan fingerprint density at radius 3 is 2.96 bits per heavy atom. The highest BCUT2D eigenvalue weighted by molar-refractivity contribution is 5.85. The van der Waals surface area contributed by atoms with Crippen LogP contribution in [0.15, 0.2) is 18.3 Å². The van der Waals surface area contributed by atoms with Crippen LogP contribution in [0.25, 0.3) is 0 Å². The molecule has 0 saturated carbocycles. The third-order valence-electron chi connectivity index (χ3n) is 3.66. The van der Waals surface area contributed by atoms with Crippen LogP contribution in [0.2, 0.25) is 0 Å². The van der Waals surface area contributed by atoms with Gasteiger partial charge in [0.25, 0.3) is 5.91 Å². The summed E-state index contributed by atoms with van der Waals surface area (Å²) < 4.78 is 10.3. The van der Waals surface area contributed by atoms with Gasteiger partial charge >= 0.3 is 11.8 Å². The number of piperidine rings is 1. The maximum atomic E-state index is 12.4. The lowest BCUT2D eigenvalue weighted by Crippen LogP contribution is -2.50. The molecule has 9 heteroatoms. The smallest absolute Gasteiger partial charge is 0.406 e. The fourth-order valence-electron chi connectivity index (χ4n) is 2.57. The van der Waals surface area contributed by atoms with Crippen LogP contribution in [-0.4, -0.2) is 52.5 Å². The Bertz CT molecular complexity index is 621. The number of hydrogen-bond donors (Lipinski definition) is 0. The molecule has 2 rings (SSSR count). The highest BCUT2D eigenvalue weighted by atomic mass is 16.6. The molecular weight excluding hydrogens is 318 g/mol. The number of rotatable bonds is 6. The first-order valence-corrected chi connectivity index (χ1v) is 7.73. The van der Waals surface area contributed by atoms with Crippen molar-refractivity contribution in [2.24, 2.45) is 0 Å². The first-order valence-electron chi connectivity index (χ1n) is 7.73. The molecule has 1 saturated heterocycles. The van der Waals surface area contributed by atoms with E-state index in [2.05, 4.69) is 4.98 Å². The van der Waals surface area contributed by atoms with Crippen molar-refractivity contribution in [3.8, 4) is 5.75 Å². The number of carbonyl (C=O) groups excluding carboxylic acids is 2. The van der Waals surface area contributed by atoms with Gasteiger partial charge in [-0.05, 0) is 48.2 Å². The third-order valence-corrected chi connectivity index (χ3v) is 3.66. The van der Waals surface area contributed by atoms with Gasteiger partial charge in [0.15, 0.2) is 6.61 Å². The molecule has 1 fully saturated rings. The van der Waals surface area contributed by atoms with E-state index in [4.69, 9.17) is 9.47 Å². The molecule has 1 amide bonds. The molecule has 0 aliphatic carbocycles. The Kier molecular flexibility index (Phi) is 6.05. The maximum absolute atomic E-state index is 12.4. The van der Waals surface area contributed by atoms with Crippen LogP contribution in [0.4, 0.5) is 5.82 Å². The van der Waals surface area contributed by atoms with Gasteiger partial charge in [0.1, 0.15) is 12.2 Å². The highest BCUT2D eigenvalue weighted by Gasteiger charge is 2.33. The van der Waals surface area contributed by atoms with Gasteiger partial charge in [0, 0.05) is 6.54 Å². The van der Waals surface area contributed by atoms with Crippen LogP contribution in [0.5, 0.6) is 5.75 Å². The van der Waals surface area contributed by atoms with E-state index in [1.165, 1.54) is 23.2 Å². The quantitative estimate of drug-likeness (QED) is 0.437. The fraction of sp³-hybridized carbons (Fsp3) is 0.533. The van der Waals surface area contributed by atoms with E-state index in [0.29, 0.717) is 13.0 Å². The largest absolute Gasteiger partial charge is 0.476 e. The third kappa shape index (κ3) is 4.18. The Morgan fingerprint density at radius 1 is 1.46 bits per heavy atom. The summed E-state index contributed by atoms with van der Waals surface area (Å²) in [5.41, 5.74) is 0. The van der Waals surface area contributed by atoms with Crippen LogP contribution in [0.3, 0.4) is 0 Å².